The van der Waals surface area contributed by atoms with Crippen LogP contribution in [0.15, 0.2) is 29.0 Å². The molecule has 3 atom stereocenters. The summed E-state index contributed by atoms with van der Waals surface area (Å²) < 4.78 is 4.99. The van der Waals surface area contributed by atoms with Crippen molar-refractivity contribution in [2.45, 2.75) is 31.2 Å². The van der Waals surface area contributed by atoms with Crippen molar-refractivity contribution in [2.75, 3.05) is 0 Å². The van der Waals surface area contributed by atoms with Crippen LogP contribution < -0.4 is 0 Å². The quantitative estimate of drug-likeness (QED) is 0.537. The lowest BCUT2D eigenvalue weighted by Crippen LogP contribution is -2.59. The van der Waals surface area contributed by atoms with Crippen LogP contribution in [0.1, 0.15) is 18.9 Å². The maximum Gasteiger partial charge on any atom is 0.512 e. The van der Waals surface area contributed by atoms with Crippen molar-refractivity contribution < 1.29 is 19.7 Å². The summed E-state index contributed by atoms with van der Waals surface area (Å²) in [6.45, 7) is 1.88. The molecular weight excluding hydrogens is 405 g/mol. The Bertz CT molecular complexity index is 771. The van der Waals surface area contributed by atoms with Crippen LogP contribution in [0.4, 0.5) is 4.79 Å². The highest BCUT2D eigenvalue weighted by Crippen LogP contribution is 2.52. The maximum atomic E-state index is 11.1. The number of hydrogen-bond acceptors (Lipinski definition) is 5. The van der Waals surface area contributed by atoms with E-state index in [1.165, 1.54) is 11.8 Å². The lowest BCUT2D eigenvalue weighted by Gasteiger charge is -2.46. The van der Waals surface area contributed by atoms with Crippen LogP contribution in [0.5, 0.6) is 0 Å². The SMILES string of the molecule is CC[C@H](O)[C@H]1C(=S)N2C(OC(=O)O)=C(Cc3ccc(Cl)c(Cl)c3)S[C@H]12. The summed E-state index contributed by atoms with van der Waals surface area (Å²) in [6.07, 6.45) is -0.941. The summed E-state index contributed by atoms with van der Waals surface area (Å²) in [5, 5.41) is 20.0. The number of thiocarbonyl (C=S) groups is 1. The van der Waals surface area contributed by atoms with Crippen LogP contribution in [-0.4, -0.2) is 37.7 Å². The molecular formula is C16H15Cl2NO4S2. The highest BCUT2D eigenvalue weighted by molar-refractivity contribution is 8.04. The van der Waals surface area contributed by atoms with Gasteiger partial charge in [0.25, 0.3) is 0 Å². The molecule has 134 valence electrons. The van der Waals surface area contributed by atoms with E-state index in [2.05, 4.69) is 0 Å². The van der Waals surface area contributed by atoms with E-state index < -0.39 is 12.3 Å². The molecule has 0 aliphatic carbocycles. The Labute approximate surface area is 164 Å². The van der Waals surface area contributed by atoms with Crippen LogP contribution >= 0.6 is 47.2 Å². The molecule has 1 aromatic rings. The average Bonchev–Trinajstić information content (AvgIpc) is 2.83. The van der Waals surface area contributed by atoms with E-state index >= 15 is 0 Å². The Morgan fingerprint density at radius 2 is 2.16 bits per heavy atom. The number of rotatable bonds is 5. The monoisotopic (exact) mass is 419 g/mol. The Morgan fingerprint density at radius 3 is 2.76 bits per heavy atom. The van der Waals surface area contributed by atoms with Crippen LogP contribution in [0, 0.1) is 5.92 Å². The molecule has 0 saturated carbocycles. The van der Waals surface area contributed by atoms with Gasteiger partial charge in [-0.05, 0) is 24.1 Å². The molecule has 1 saturated heterocycles. The number of nitrogens with zero attached hydrogens (tertiary/aromatic N) is 1. The lowest BCUT2D eigenvalue weighted by molar-refractivity contribution is 0.0575. The van der Waals surface area contributed by atoms with E-state index in [1.807, 2.05) is 13.0 Å². The second-order valence-electron chi connectivity index (χ2n) is 5.74. The van der Waals surface area contributed by atoms with E-state index in [4.69, 9.17) is 45.3 Å². The van der Waals surface area contributed by atoms with E-state index in [1.54, 1.807) is 17.0 Å². The molecule has 1 aromatic carbocycles. The number of halogens is 2. The van der Waals surface area contributed by atoms with Gasteiger partial charge in [0.05, 0.1) is 37.3 Å². The molecule has 0 amide bonds. The zero-order chi connectivity index (χ0) is 18.3. The third-order valence-corrected chi connectivity index (χ3v) is 6.73. The van der Waals surface area contributed by atoms with Crippen molar-refractivity contribution in [3.05, 3.63) is 44.6 Å². The fourth-order valence-electron chi connectivity index (χ4n) is 2.91. The van der Waals surface area contributed by atoms with Crippen molar-refractivity contribution in [2.24, 2.45) is 5.92 Å². The van der Waals surface area contributed by atoms with Gasteiger partial charge in [-0.3, -0.25) is 4.90 Å². The van der Waals surface area contributed by atoms with Gasteiger partial charge in [0.15, 0.2) is 0 Å². The van der Waals surface area contributed by atoms with Gasteiger partial charge in [-0.25, -0.2) is 4.79 Å². The molecule has 0 bridgehead atoms. The molecule has 25 heavy (non-hydrogen) atoms. The minimum Gasteiger partial charge on any atom is -0.449 e. The zero-order valence-corrected chi connectivity index (χ0v) is 16.3. The predicted octanol–water partition coefficient (Wildman–Crippen LogP) is 4.50. The molecule has 1 fully saturated rings. The van der Waals surface area contributed by atoms with Crippen LogP contribution in [0.25, 0.3) is 0 Å². The van der Waals surface area contributed by atoms with Gasteiger partial charge in [-0.15, -0.1) is 0 Å². The smallest absolute Gasteiger partial charge is 0.449 e. The highest BCUT2D eigenvalue weighted by atomic mass is 35.5. The second kappa shape index (κ2) is 7.32. The third kappa shape index (κ3) is 3.48. The normalized spacial score (nSPS) is 23.4. The van der Waals surface area contributed by atoms with Crippen molar-refractivity contribution in [3.63, 3.8) is 0 Å². The number of aliphatic hydroxyl groups excluding tert-OH is 1. The summed E-state index contributed by atoms with van der Waals surface area (Å²) in [6, 6.07) is 5.26. The molecule has 2 N–H and O–H groups in total. The van der Waals surface area contributed by atoms with E-state index in [9.17, 15) is 9.90 Å². The summed E-state index contributed by atoms with van der Waals surface area (Å²) in [7, 11) is 0. The van der Waals surface area contributed by atoms with Crippen molar-refractivity contribution in [1.29, 1.82) is 0 Å². The fourth-order valence-corrected chi connectivity index (χ4v) is 5.42. The molecule has 0 unspecified atom stereocenters. The van der Waals surface area contributed by atoms with Gasteiger partial charge in [-0.1, -0.05) is 60.2 Å². The number of carboxylic acid groups (broad SMARTS) is 1. The van der Waals surface area contributed by atoms with E-state index in [-0.39, 0.29) is 17.2 Å². The summed E-state index contributed by atoms with van der Waals surface area (Å²) in [4.78, 5) is 14.0. The largest absolute Gasteiger partial charge is 0.512 e. The van der Waals surface area contributed by atoms with Crippen molar-refractivity contribution in [1.82, 2.24) is 4.90 Å². The summed E-state index contributed by atoms with van der Waals surface area (Å²) in [5.74, 6) is 0.0295. The molecule has 9 heteroatoms. The van der Waals surface area contributed by atoms with E-state index in [0.717, 1.165) is 10.5 Å². The molecule has 0 aromatic heterocycles. The molecule has 2 aliphatic rings. The fraction of sp³-hybridized carbons (Fsp3) is 0.375. The number of hydrogen-bond donors (Lipinski definition) is 2. The van der Waals surface area contributed by atoms with Crippen molar-refractivity contribution in [3.8, 4) is 0 Å². The Morgan fingerprint density at radius 1 is 1.44 bits per heavy atom. The summed E-state index contributed by atoms with van der Waals surface area (Å²) >= 11 is 18.8. The highest BCUT2D eigenvalue weighted by Gasteiger charge is 2.55. The molecule has 2 heterocycles. The van der Waals surface area contributed by atoms with Crippen LogP contribution in [-0.2, 0) is 11.2 Å². The number of benzene rings is 1. The van der Waals surface area contributed by atoms with Crippen LogP contribution in [0.2, 0.25) is 10.0 Å². The average molecular weight is 420 g/mol. The number of aliphatic hydroxyl groups is 1. The number of allylic oxidation sites excluding steroid dienone is 1. The molecule has 5 nitrogen and oxygen atoms in total. The number of fused-ring (bicyclic) bond motifs is 1. The summed E-state index contributed by atoms with van der Waals surface area (Å²) in [5.41, 5.74) is 0.879. The number of thioether (sulfide) groups is 1. The van der Waals surface area contributed by atoms with Gasteiger partial charge in [0.1, 0.15) is 0 Å². The topological polar surface area (TPSA) is 70.0 Å². The first-order valence-electron chi connectivity index (χ1n) is 7.59. The van der Waals surface area contributed by atoms with Gasteiger partial charge in [-0.2, -0.15) is 0 Å². The first-order chi connectivity index (χ1) is 11.8. The third-order valence-electron chi connectivity index (χ3n) is 4.17. The van der Waals surface area contributed by atoms with Gasteiger partial charge >= 0.3 is 6.16 Å². The minimum absolute atomic E-state index is 0.144. The molecule has 2 aliphatic heterocycles. The van der Waals surface area contributed by atoms with Gasteiger partial charge in [0, 0.05) is 6.42 Å². The van der Waals surface area contributed by atoms with E-state index in [0.29, 0.717) is 27.9 Å². The standard InChI is InChI=1S/C16H15Cl2NO4S2/c1-2-10(20)12-14(24)19-13(23-16(21)22)11(25-15(12)19)6-7-3-4-8(17)9(18)5-7/h3-5,10,12,15,20H,2,6H2,1H3,(H,21,22)/t10-,12-,15+/m0/s1. The first kappa shape index (κ1) is 18.8. The molecule has 0 spiro atoms. The number of carbonyl (C=O) groups is 1. The minimum atomic E-state index is -1.40. The maximum absolute atomic E-state index is 11.1. The second-order valence-corrected chi connectivity index (χ2v) is 8.18. The predicted molar refractivity (Wildman–Crippen MR) is 102 cm³/mol. The van der Waals surface area contributed by atoms with Crippen molar-refractivity contribution >= 4 is 58.3 Å². The zero-order valence-electron chi connectivity index (χ0n) is 13.1. The number of ether oxygens (including phenoxy) is 1. The Balaban J connectivity index is 1.88. The van der Waals surface area contributed by atoms with Gasteiger partial charge < -0.3 is 14.9 Å². The molecule has 3 rings (SSSR count). The Hall–Kier alpha value is -0.990. The first-order valence-corrected chi connectivity index (χ1v) is 9.63. The van der Waals surface area contributed by atoms with Crippen LogP contribution in [0.3, 0.4) is 0 Å². The lowest BCUT2D eigenvalue weighted by atomic mass is 9.91. The Kier molecular flexibility index (Phi) is 5.51. The van der Waals surface area contributed by atoms with Gasteiger partial charge in [0.2, 0.25) is 5.88 Å². The molecule has 0 radical (unpaired) electrons.